The molecule has 0 heterocycles. The molecule has 0 radical (unpaired) electrons. The average molecular weight is 373 g/mol. The summed E-state index contributed by atoms with van der Waals surface area (Å²) in [5.41, 5.74) is -0.282. The summed E-state index contributed by atoms with van der Waals surface area (Å²) in [7, 11) is 0. The van der Waals surface area contributed by atoms with Crippen LogP contribution >= 0.6 is 35.0 Å². The third-order valence-corrected chi connectivity index (χ3v) is 4.41. The van der Waals surface area contributed by atoms with Crippen LogP contribution in [-0.2, 0) is 0 Å². The molecule has 0 bridgehead atoms. The summed E-state index contributed by atoms with van der Waals surface area (Å²) in [6.45, 7) is 0. The van der Waals surface area contributed by atoms with E-state index in [9.17, 15) is 22.0 Å². The second-order valence-electron chi connectivity index (χ2n) is 4.29. The van der Waals surface area contributed by atoms with Crippen molar-refractivity contribution in [2.75, 3.05) is 5.75 Å². The van der Waals surface area contributed by atoms with E-state index in [2.05, 4.69) is 0 Å². The van der Waals surface area contributed by atoms with Crippen molar-refractivity contribution in [1.82, 2.24) is 0 Å². The number of alkyl halides is 3. The van der Waals surface area contributed by atoms with E-state index in [0.717, 1.165) is 18.2 Å². The van der Waals surface area contributed by atoms with Crippen molar-refractivity contribution < 1.29 is 22.0 Å². The zero-order valence-corrected chi connectivity index (χ0v) is 13.0. The van der Waals surface area contributed by atoms with Gasteiger partial charge in [-0.3, -0.25) is 0 Å². The fourth-order valence-electron chi connectivity index (χ4n) is 1.71. The summed E-state index contributed by atoms with van der Waals surface area (Å²) in [6, 6.07) is 5.57. The highest BCUT2D eigenvalue weighted by atomic mass is 35.5. The summed E-state index contributed by atoms with van der Waals surface area (Å²) in [4.78, 5) is 0.0183. The van der Waals surface area contributed by atoms with Crippen molar-refractivity contribution in [2.24, 2.45) is 0 Å². The lowest BCUT2D eigenvalue weighted by molar-refractivity contribution is -0.105. The van der Waals surface area contributed by atoms with Crippen molar-refractivity contribution in [3.05, 3.63) is 52.0 Å². The minimum Gasteiger partial charge on any atom is -0.206 e. The Kier molecular flexibility index (Phi) is 5.25. The predicted molar refractivity (Wildman–Crippen MR) is 78.6 cm³/mol. The molecule has 0 unspecified atom stereocenters. The first-order valence-corrected chi connectivity index (χ1v) is 7.55. The van der Waals surface area contributed by atoms with E-state index in [1.165, 1.54) is 12.1 Å². The summed E-state index contributed by atoms with van der Waals surface area (Å²) < 4.78 is 64.6. The van der Waals surface area contributed by atoms with Crippen LogP contribution in [0.4, 0.5) is 22.0 Å². The number of hydrogen-bond donors (Lipinski definition) is 0. The van der Waals surface area contributed by atoms with E-state index >= 15 is 0 Å². The van der Waals surface area contributed by atoms with E-state index in [1.54, 1.807) is 0 Å². The molecule has 0 saturated carbocycles. The van der Waals surface area contributed by atoms with Gasteiger partial charge in [-0.25, -0.2) is 8.78 Å². The van der Waals surface area contributed by atoms with Gasteiger partial charge in [-0.05, 0) is 30.3 Å². The SMILES string of the molecule is Fc1cc(Cl)ccc1-c1cc(SCC(F)(F)F)c(Cl)cc1F. The van der Waals surface area contributed by atoms with Crippen molar-refractivity contribution in [1.29, 1.82) is 0 Å². The summed E-state index contributed by atoms with van der Waals surface area (Å²) in [5, 5.41) is -0.0350. The van der Waals surface area contributed by atoms with Crippen molar-refractivity contribution in [3.63, 3.8) is 0 Å². The first-order valence-electron chi connectivity index (χ1n) is 5.81. The van der Waals surface area contributed by atoms with Gasteiger partial charge in [-0.1, -0.05) is 23.2 Å². The Morgan fingerprint density at radius 1 is 0.909 bits per heavy atom. The highest BCUT2D eigenvalue weighted by molar-refractivity contribution is 7.99. The summed E-state index contributed by atoms with van der Waals surface area (Å²) >= 11 is 11.8. The fourth-order valence-corrected chi connectivity index (χ4v) is 2.90. The van der Waals surface area contributed by atoms with Crippen molar-refractivity contribution >= 4 is 35.0 Å². The largest absolute Gasteiger partial charge is 0.398 e. The normalized spacial score (nSPS) is 11.8. The van der Waals surface area contributed by atoms with Crippen LogP contribution in [0.15, 0.2) is 35.2 Å². The average Bonchev–Trinajstić information content (AvgIpc) is 2.38. The van der Waals surface area contributed by atoms with Crippen LogP contribution in [0.2, 0.25) is 10.0 Å². The minimum atomic E-state index is -4.39. The third kappa shape index (κ3) is 4.27. The lowest BCUT2D eigenvalue weighted by atomic mass is 10.0. The van der Waals surface area contributed by atoms with Crippen LogP contribution in [0.3, 0.4) is 0 Å². The van der Waals surface area contributed by atoms with E-state index in [0.29, 0.717) is 11.8 Å². The molecule has 0 aliphatic rings. The van der Waals surface area contributed by atoms with Crippen LogP contribution in [0.25, 0.3) is 11.1 Å². The Morgan fingerprint density at radius 3 is 2.14 bits per heavy atom. The number of hydrogen-bond acceptors (Lipinski definition) is 1. The van der Waals surface area contributed by atoms with Gasteiger partial charge in [0.25, 0.3) is 0 Å². The maximum absolute atomic E-state index is 14.0. The maximum atomic E-state index is 14.0. The zero-order chi connectivity index (χ0) is 16.5. The number of thioether (sulfide) groups is 1. The molecule has 8 heteroatoms. The van der Waals surface area contributed by atoms with Crippen LogP contribution in [0.1, 0.15) is 0 Å². The van der Waals surface area contributed by atoms with Crippen LogP contribution in [0, 0.1) is 11.6 Å². The molecule has 0 amide bonds. The van der Waals surface area contributed by atoms with Gasteiger partial charge in [0, 0.05) is 21.0 Å². The third-order valence-electron chi connectivity index (χ3n) is 2.63. The zero-order valence-electron chi connectivity index (χ0n) is 10.6. The Hall–Kier alpha value is -0.980. The number of halogens is 7. The molecule has 0 aliphatic heterocycles. The lowest BCUT2D eigenvalue weighted by Crippen LogP contribution is -2.10. The van der Waals surface area contributed by atoms with Gasteiger partial charge in [-0.2, -0.15) is 13.2 Å². The smallest absolute Gasteiger partial charge is 0.206 e. The van der Waals surface area contributed by atoms with Crippen molar-refractivity contribution in [2.45, 2.75) is 11.1 Å². The van der Waals surface area contributed by atoms with Gasteiger partial charge in [0.05, 0.1) is 10.8 Å². The molecule has 2 aromatic carbocycles. The predicted octanol–water partition coefficient (Wildman–Crippen LogP) is 6.59. The highest BCUT2D eigenvalue weighted by Gasteiger charge is 2.28. The Bertz CT molecular complexity index is 700. The van der Waals surface area contributed by atoms with Crippen molar-refractivity contribution in [3.8, 4) is 11.1 Å². The molecule has 0 saturated heterocycles. The molecule has 0 fully saturated rings. The molecular formula is C14H7Cl2F5S. The molecule has 118 valence electrons. The summed E-state index contributed by atoms with van der Waals surface area (Å²) in [5.74, 6) is -2.79. The van der Waals surface area contributed by atoms with Crippen LogP contribution in [-0.4, -0.2) is 11.9 Å². The minimum absolute atomic E-state index is 0.0183. The molecule has 0 aliphatic carbocycles. The molecular weight excluding hydrogens is 366 g/mol. The summed E-state index contributed by atoms with van der Waals surface area (Å²) in [6.07, 6.45) is -4.39. The standard InChI is InChI=1S/C14H7Cl2F5S/c15-7-1-2-8(11(17)3-7)9-4-13(10(16)5-12(9)18)22-6-14(19,20)21/h1-5H,6H2. The highest BCUT2D eigenvalue weighted by Crippen LogP contribution is 2.37. The van der Waals surface area contributed by atoms with E-state index in [4.69, 9.17) is 23.2 Å². The Labute approximate surface area is 137 Å². The quantitative estimate of drug-likeness (QED) is 0.432. The maximum Gasteiger partial charge on any atom is 0.398 e. The van der Waals surface area contributed by atoms with Gasteiger partial charge >= 0.3 is 6.18 Å². The van der Waals surface area contributed by atoms with Gasteiger partial charge in [0.15, 0.2) is 0 Å². The molecule has 0 spiro atoms. The van der Waals surface area contributed by atoms with Gasteiger partial charge in [-0.15, -0.1) is 11.8 Å². The molecule has 0 atom stereocenters. The van der Waals surface area contributed by atoms with E-state index in [1.807, 2.05) is 0 Å². The van der Waals surface area contributed by atoms with E-state index < -0.39 is 23.6 Å². The van der Waals surface area contributed by atoms with Gasteiger partial charge in [0.1, 0.15) is 11.6 Å². The molecule has 0 N–H and O–H groups in total. The first kappa shape index (κ1) is 17.4. The number of rotatable bonds is 3. The second-order valence-corrected chi connectivity index (χ2v) is 6.15. The van der Waals surface area contributed by atoms with Crippen LogP contribution < -0.4 is 0 Å². The number of benzene rings is 2. The molecule has 2 rings (SSSR count). The molecule has 22 heavy (non-hydrogen) atoms. The molecule has 0 nitrogen and oxygen atoms in total. The first-order chi connectivity index (χ1) is 10.2. The second kappa shape index (κ2) is 6.64. The monoisotopic (exact) mass is 372 g/mol. The van der Waals surface area contributed by atoms with Gasteiger partial charge < -0.3 is 0 Å². The van der Waals surface area contributed by atoms with E-state index in [-0.39, 0.29) is 26.1 Å². The topological polar surface area (TPSA) is 0 Å². The molecule has 2 aromatic rings. The Balaban J connectivity index is 2.44. The Morgan fingerprint density at radius 2 is 1.55 bits per heavy atom. The fraction of sp³-hybridized carbons (Fsp3) is 0.143. The lowest BCUT2D eigenvalue weighted by Gasteiger charge is -2.11. The van der Waals surface area contributed by atoms with Gasteiger partial charge in [0.2, 0.25) is 0 Å². The molecule has 0 aromatic heterocycles. The van der Waals surface area contributed by atoms with Crippen LogP contribution in [0.5, 0.6) is 0 Å².